The fourth-order valence-corrected chi connectivity index (χ4v) is 0.931. The van der Waals surface area contributed by atoms with Crippen LogP contribution in [0.15, 0.2) is 12.4 Å². The van der Waals surface area contributed by atoms with Crippen LogP contribution in [0.2, 0.25) is 0 Å². The second-order valence-corrected chi connectivity index (χ2v) is 2.56. The lowest BCUT2D eigenvalue weighted by molar-refractivity contribution is -0.136. The predicted molar refractivity (Wildman–Crippen MR) is 42.2 cm³/mol. The fourth-order valence-electron chi connectivity index (χ4n) is 0.931. The average Bonchev–Trinajstić information content (AvgIpc) is 2.10. The summed E-state index contributed by atoms with van der Waals surface area (Å²) in [5.74, 6) is -3.18. The molecule has 0 saturated heterocycles. The maximum atomic E-state index is 13.2. The zero-order valence-electron chi connectivity index (χ0n) is 7.28. The van der Waals surface area contributed by atoms with E-state index < -0.39 is 30.6 Å². The molecule has 0 aliphatic heterocycles. The van der Waals surface area contributed by atoms with Crippen LogP contribution >= 0.6 is 0 Å². The molecule has 0 spiro atoms. The van der Waals surface area contributed by atoms with E-state index in [1.165, 1.54) is 0 Å². The highest BCUT2D eigenvalue weighted by atomic mass is 19.3. The lowest BCUT2D eigenvalue weighted by Gasteiger charge is -2.06. The third-order valence-corrected chi connectivity index (χ3v) is 1.48. The molecule has 0 atom stereocenters. The summed E-state index contributed by atoms with van der Waals surface area (Å²) in [6.45, 7) is -3.18. The van der Waals surface area contributed by atoms with Crippen LogP contribution in [0.1, 0.15) is 5.56 Å². The Morgan fingerprint density at radius 1 is 1.53 bits per heavy atom. The molecule has 7 heteroatoms. The third kappa shape index (κ3) is 3.12. The third-order valence-electron chi connectivity index (χ3n) is 1.48. The van der Waals surface area contributed by atoms with Gasteiger partial charge in [-0.05, 0) is 0 Å². The van der Waals surface area contributed by atoms with Gasteiger partial charge in [0.2, 0.25) is 0 Å². The smallest absolute Gasteiger partial charge is 0.387 e. The molecule has 15 heavy (non-hydrogen) atoms. The maximum Gasteiger partial charge on any atom is 0.387 e. The van der Waals surface area contributed by atoms with Crippen LogP contribution in [0.4, 0.5) is 13.2 Å². The van der Waals surface area contributed by atoms with Gasteiger partial charge in [0.15, 0.2) is 11.6 Å². The van der Waals surface area contributed by atoms with Crippen molar-refractivity contribution in [2.24, 2.45) is 0 Å². The number of nitrogens with zero attached hydrogens (tertiary/aromatic N) is 1. The molecular weight excluding hydrogens is 215 g/mol. The summed E-state index contributed by atoms with van der Waals surface area (Å²) in [6, 6.07) is 0. The van der Waals surface area contributed by atoms with Crippen LogP contribution in [0.5, 0.6) is 5.75 Å². The molecule has 0 unspecified atom stereocenters. The van der Waals surface area contributed by atoms with Crippen molar-refractivity contribution < 1.29 is 27.8 Å². The summed E-state index contributed by atoms with van der Waals surface area (Å²) in [6.07, 6.45) is 1.06. The Balaban J connectivity index is 2.95. The number of carbonyl (C=O) groups is 1. The van der Waals surface area contributed by atoms with E-state index in [9.17, 15) is 18.0 Å². The van der Waals surface area contributed by atoms with Crippen LogP contribution in [-0.2, 0) is 11.2 Å². The van der Waals surface area contributed by atoms with Crippen molar-refractivity contribution in [2.75, 3.05) is 0 Å². The summed E-state index contributed by atoms with van der Waals surface area (Å²) >= 11 is 0. The van der Waals surface area contributed by atoms with Crippen LogP contribution in [0.25, 0.3) is 0 Å². The van der Waals surface area contributed by atoms with Gasteiger partial charge in [-0.2, -0.15) is 8.78 Å². The first kappa shape index (κ1) is 11.3. The maximum absolute atomic E-state index is 13.2. The molecule has 4 nitrogen and oxygen atoms in total. The number of pyridine rings is 1. The standard InChI is InChI=1S/C8H6F3NO3/c9-7-4(1-6(13)14)2-12-3-5(7)15-8(10)11/h2-3,8H,1H2,(H,13,14). The minimum Gasteiger partial charge on any atom is -0.481 e. The number of halogens is 3. The summed E-state index contributed by atoms with van der Waals surface area (Å²) < 4.78 is 40.6. The number of carboxylic acid groups (broad SMARTS) is 1. The molecule has 0 bridgehead atoms. The van der Waals surface area contributed by atoms with Crippen LogP contribution in [0.3, 0.4) is 0 Å². The molecule has 0 aromatic carbocycles. The zero-order chi connectivity index (χ0) is 11.4. The molecule has 82 valence electrons. The van der Waals surface area contributed by atoms with Crippen LogP contribution in [0, 0.1) is 5.82 Å². The summed E-state index contributed by atoms with van der Waals surface area (Å²) in [7, 11) is 0. The summed E-state index contributed by atoms with van der Waals surface area (Å²) in [5.41, 5.74) is -0.305. The number of alkyl halides is 2. The van der Waals surface area contributed by atoms with Crippen molar-refractivity contribution in [3.63, 3.8) is 0 Å². The number of aromatic nitrogens is 1. The molecule has 1 N–H and O–H groups in total. The lowest BCUT2D eigenvalue weighted by atomic mass is 10.2. The van der Waals surface area contributed by atoms with Gasteiger partial charge in [0.05, 0.1) is 12.6 Å². The van der Waals surface area contributed by atoms with E-state index in [1.807, 2.05) is 0 Å². The molecule has 0 aliphatic rings. The van der Waals surface area contributed by atoms with E-state index in [0.717, 1.165) is 12.4 Å². The summed E-state index contributed by atoms with van der Waals surface area (Å²) in [5, 5.41) is 8.38. The lowest BCUT2D eigenvalue weighted by Crippen LogP contribution is -2.08. The van der Waals surface area contributed by atoms with E-state index in [0.29, 0.717) is 0 Å². The minimum atomic E-state index is -3.18. The number of hydrogen-bond donors (Lipinski definition) is 1. The quantitative estimate of drug-likeness (QED) is 0.835. The van der Waals surface area contributed by atoms with Crippen molar-refractivity contribution in [2.45, 2.75) is 13.0 Å². The largest absolute Gasteiger partial charge is 0.481 e. The number of rotatable bonds is 4. The van der Waals surface area contributed by atoms with Gasteiger partial charge in [0.25, 0.3) is 0 Å². The van der Waals surface area contributed by atoms with Gasteiger partial charge < -0.3 is 9.84 Å². The van der Waals surface area contributed by atoms with E-state index in [1.54, 1.807) is 0 Å². The number of ether oxygens (including phenoxy) is 1. The molecule has 0 aliphatic carbocycles. The number of hydrogen-bond acceptors (Lipinski definition) is 3. The van der Waals surface area contributed by atoms with E-state index >= 15 is 0 Å². The van der Waals surface area contributed by atoms with Crippen LogP contribution in [-0.4, -0.2) is 22.7 Å². The van der Waals surface area contributed by atoms with Gasteiger partial charge in [0, 0.05) is 11.8 Å². The Morgan fingerprint density at radius 2 is 2.20 bits per heavy atom. The topological polar surface area (TPSA) is 59.4 Å². The Morgan fingerprint density at radius 3 is 2.73 bits per heavy atom. The van der Waals surface area contributed by atoms with E-state index in [2.05, 4.69) is 9.72 Å². The highest BCUT2D eigenvalue weighted by molar-refractivity contribution is 5.70. The molecule has 0 amide bonds. The van der Waals surface area contributed by atoms with Crippen molar-refractivity contribution in [1.29, 1.82) is 0 Å². The van der Waals surface area contributed by atoms with Gasteiger partial charge >= 0.3 is 12.6 Å². The molecule has 1 aromatic heterocycles. The Bertz CT molecular complexity index is 370. The molecule has 1 heterocycles. The minimum absolute atomic E-state index is 0.305. The number of aliphatic carboxylic acids is 1. The highest BCUT2D eigenvalue weighted by Crippen LogP contribution is 2.21. The molecule has 0 radical (unpaired) electrons. The zero-order valence-corrected chi connectivity index (χ0v) is 7.28. The Hall–Kier alpha value is -1.79. The Kier molecular flexibility index (Phi) is 3.48. The molecule has 1 rings (SSSR count). The first-order valence-corrected chi connectivity index (χ1v) is 3.79. The second-order valence-electron chi connectivity index (χ2n) is 2.56. The van der Waals surface area contributed by atoms with Crippen molar-refractivity contribution in [3.8, 4) is 5.75 Å². The van der Waals surface area contributed by atoms with Gasteiger partial charge in [-0.15, -0.1) is 0 Å². The SMILES string of the molecule is O=C(O)Cc1cncc(OC(F)F)c1F. The fraction of sp³-hybridized carbons (Fsp3) is 0.250. The Labute approximate surface area is 82.3 Å². The van der Waals surface area contributed by atoms with Gasteiger partial charge in [-0.3, -0.25) is 9.78 Å². The van der Waals surface area contributed by atoms with E-state index in [4.69, 9.17) is 5.11 Å². The van der Waals surface area contributed by atoms with Gasteiger partial charge in [-0.1, -0.05) is 0 Å². The van der Waals surface area contributed by atoms with Gasteiger partial charge in [0.1, 0.15) is 0 Å². The predicted octanol–water partition coefficient (Wildman–Crippen LogP) is 1.45. The first-order chi connectivity index (χ1) is 7.00. The highest BCUT2D eigenvalue weighted by Gasteiger charge is 2.15. The summed E-state index contributed by atoms with van der Waals surface area (Å²) in [4.78, 5) is 13.7. The van der Waals surface area contributed by atoms with Crippen molar-refractivity contribution in [1.82, 2.24) is 4.98 Å². The van der Waals surface area contributed by atoms with Gasteiger partial charge in [-0.25, -0.2) is 4.39 Å². The molecule has 1 aromatic rings. The normalized spacial score (nSPS) is 10.4. The monoisotopic (exact) mass is 221 g/mol. The molecule has 0 saturated carbocycles. The second kappa shape index (κ2) is 4.63. The number of carboxylic acids is 1. The van der Waals surface area contributed by atoms with Crippen LogP contribution < -0.4 is 4.74 Å². The molecular formula is C8H6F3NO3. The molecule has 0 fully saturated rings. The average molecular weight is 221 g/mol. The van der Waals surface area contributed by atoms with Crippen molar-refractivity contribution in [3.05, 3.63) is 23.8 Å². The van der Waals surface area contributed by atoms with E-state index in [-0.39, 0.29) is 5.56 Å². The first-order valence-electron chi connectivity index (χ1n) is 3.79. The van der Waals surface area contributed by atoms with Crippen molar-refractivity contribution >= 4 is 5.97 Å².